The second-order valence-electron chi connectivity index (χ2n) is 17.7. The maximum Gasteiger partial charge on any atom is 0.438 e. The maximum atomic E-state index is 15.0. The van der Waals surface area contributed by atoms with E-state index in [1.165, 1.54) is 14.0 Å². The Labute approximate surface area is 350 Å². The van der Waals surface area contributed by atoms with Crippen LogP contribution in [0.25, 0.3) is 11.0 Å². The number of nitrogens with zero attached hydrogens (tertiary/aromatic N) is 3. The molecule has 2 aliphatic heterocycles. The van der Waals surface area contributed by atoms with Gasteiger partial charge in [0, 0.05) is 37.5 Å². The Bertz CT molecular complexity index is 2200. The molecule has 0 spiro atoms. The number of hydrogen-bond acceptors (Lipinski definition) is 12. The van der Waals surface area contributed by atoms with Crippen LogP contribution in [0.5, 0.6) is 11.6 Å². The largest absolute Gasteiger partial charge is 0.494 e. The van der Waals surface area contributed by atoms with Crippen LogP contribution in [0.4, 0.5) is 22.4 Å². The topological polar surface area (TPSA) is 204 Å². The van der Waals surface area contributed by atoms with E-state index in [0.717, 1.165) is 24.1 Å². The van der Waals surface area contributed by atoms with E-state index in [9.17, 15) is 45.2 Å². The molecular formula is C40H52F4N6O10S. The van der Waals surface area contributed by atoms with Crippen LogP contribution in [0.3, 0.4) is 0 Å². The molecule has 61 heavy (non-hydrogen) atoms. The lowest BCUT2D eigenvalue weighted by molar-refractivity contribution is -0.143. The fraction of sp³-hybridized carbons (Fsp3) is 0.650. The number of nitrogens with one attached hydrogen (secondary N) is 3. The second kappa shape index (κ2) is 16.8. The van der Waals surface area contributed by atoms with Crippen molar-refractivity contribution in [2.75, 3.05) is 27.4 Å². The van der Waals surface area contributed by atoms with Gasteiger partial charge in [0.2, 0.25) is 33.4 Å². The summed E-state index contributed by atoms with van der Waals surface area (Å²) in [7, 11) is -1.57. The molecule has 0 bridgehead atoms. The number of aromatic nitrogens is 2. The summed E-state index contributed by atoms with van der Waals surface area (Å²) in [6, 6.07) is -1.15. The molecule has 21 heteroatoms. The number of alkyl carbamates (subject to hydrolysis) is 1. The van der Waals surface area contributed by atoms with Gasteiger partial charge in [-0.05, 0) is 72.1 Å². The Morgan fingerprint density at radius 2 is 1.75 bits per heavy atom. The van der Waals surface area contributed by atoms with Crippen molar-refractivity contribution >= 4 is 44.9 Å². The first kappa shape index (κ1) is 45.7. The molecule has 16 nitrogen and oxygen atoms in total. The van der Waals surface area contributed by atoms with Crippen molar-refractivity contribution in [3.8, 4) is 11.6 Å². The third-order valence-corrected chi connectivity index (χ3v) is 13.7. The predicted molar refractivity (Wildman–Crippen MR) is 210 cm³/mol. The van der Waals surface area contributed by atoms with Crippen LogP contribution in [0, 0.1) is 23.6 Å². The van der Waals surface area contributed by atoms with E-state index >= 15 is 0 Å². The van der Waals surface area contributed by atoms with E-state index in [0.29, 0.717) is 32.1 Å². The number of allylic oxidation sites excluding steroid dienone is 1. The first-order valence-electron chi connectivity index (χ1n) is 20.0. The average molecular weight is 885 g/mol. The molecule has 1 unspecified atom stereocenters. The Balaban J connectivity index is 1.41. The molecule has 4 amide bonds. The van der Waals surface area contributed by atoms with Crippen LogP contribution in [-0.2, 0) is 40.1 Å². The van der Waals surface area contributed by atoms with Crippen LogP contribution in [0.15, 0.2) is 24.3 Å². The van der Waals surface area contributed by atoms with Gasteiger partial charge < -0.3 is 34.5 Å². The lowest BCUT2D eigenvalue weighted by Gasteiger charge is -2.34. The van der Waals surface area contributed by atoms with Crippen molar-refractivity contribution in [2.45, 2.75) is 120 Å². The third-order valence-electron chi connectivity index (χ3n) is 11.6. The van der Waals surface area contributed by atoms with Gasteiger partial charge in [-0.1, -0.05) is 19.1 Å². The zero-order valence-electron chi connectivity index (χ0n) is 35.0. The van der Waals surface area contributed by atoms with Crippen LogP contribution in [0.1, 0.15) is 85.3 Å². The summed E-state index contributed by atoms with van der Waals surface area (Å²) in [6.07, 6.45) is -2.18. The molecule has 2 aliphatic carbocycles. The van der Waals surface area contributed by atoms with Gasteiger partial charge in [-0.3, -0.25) is 19.1 Å². The first-order chi connectivity index (χ1) is 28.4. The molecule has 4 aliphatic rings. The summed E-state index contributed by atoms with van der Waals surface area (Å²) < 4.78 is 107. The molecule has 3 N–H and O–H groups in total. The number of rotatable bonds is 9. The number of carbonyl (C=O) groups excluding carboxylic acids is 4. The number of benzene rings is 1. The Morgan fingerprint density at radius 1 is 1.07 bits per heavy atom. The maximum absolute atomic E-state index is 15.0. The van der Waals surface area contributed by atoms with Crippen LogP contribution in [-0.4, -0.2) is 109 Å². The van der Waals surface area contributed by atoms with Crippen molar-refractivity contribution < 1.29 is 64.1 Å². The number of alkyl halides is 3. The number of methoxy groups -OCH3 is 2. The average Bonchev–Trinajstić information content (AvgIpc) is 4.03. The van der Waals surface area contributed by atoms with E-state index in [-0.39, 0.29) is 30.2 Å². The molecule has 3 fully saturated rings. The molecule has 1 aromatic heterocycles. The fourth-order valence-electron chi connectivity index (χ4n) is 7.85. The quantitative estimate of drug-likeness (QED) is 0.235. The molecule has 336 valence electrons. The lowest BCUT2D eigenvalue weighted by atomic mass is 9.87. The number of halogens is 4. The molecule has 1 aromatic carbocycles. The number of fused-ring (bicyclic) bond motifs is 3. The van der Waals surface area contributed by atoms with Crippen LogP contribution >= 0.6 is 0 Å². The molecular weight excluding hydrogens is 833 g/mol. The highest BCUT2D eigenvalue weighted by Gasteiger charge is 2.63. The van der Waals surface area contributed by atoms with Crippen LogP contribution < -0.4 is 24.8 Å². The monoisotopic (exact) mass is 884 g/mol. The fourth-order valence-corrected chi connectivity index (χ4v) is 9.16. The number of ether oxygens (including phenoxy) is 4. The molecule has 2 saturated carbocycles. The Hall–Kier alpha value is -4.79. The van der Waals surface area contributed by atoms with Gasteiger partial charge in [0.25, 0.3) is 5.91 Å². The van der Waals surface area contributed by atoms with Crippen molar-refractivity contribution in [1.82, 2.24) is 30.2 Å². The van der Waals surface area contributed by atoms with Crippen molar-refractivity contribution in [2.24, 2.45) is 17.8 Å². The lowest BCUT2D eigenvalue weighted by Crippen LogP contribution is -2.60. The minimum absolute atomic E-state index is 0.0217. The van der Waals surface area contributed by atoms with E-state index in [1.807, 2.05) is 13.0 Å². The summed E-state index contributed by atoms with van der Waals surface area (Å²) in [5.74, 6) is -6.44. The molecule has 7 atom stereocenters. The van der Waals surface area contributed by atoms with Crippen molar-refractivity contribution in [1.29, 1.82) is 0 Å². The minimum atomic E-state index is -5.15. The van der Waals surface area contributed by atoms with Gasteiger partial charge in [-0.15, -0.1) is 0 Å². The third kappa shape index (κ3) is 9.97. The first-order valence-corrected chi connectivity index (χ1v) is 21.5. The van der Waals surface area contributed by atoms with E-state index in [4.69, 9.17) is 18.9 Å². The summed E-state index contributed by atoms with van der Waals surface area (Å²) in [4.78, 5) is 65.5. The second-order valence-corrected chi connectivity index (χ2v) is 19.9. The normalized spacial score (nSPS) is 28.6. The summed E-state index contributed by atoms with van der Waals surface area (Å²) in [6.45, 7) is 7.78. The van der Waals surface area contributed by atoms with Crippen LogP contribution in [0.2, 0.25) is 0 Å². The van der Waals surface area contributed by atoms with Gasteiger partial charge in [-0.2, -0.15) is 13.2 Å². The van der Waals surface area contributed by atoms with E-state index in [2.05, 4.69) is 25.3 Å². The molecule has 0 radical (unpaired) electrons. The van der Waals surface area contributed by atoms with Crippen molar-refractivity contribution in [3.05, 3.63) is 35.8 Å². The van der Waals surface area contributed by atoms with E-state index in [1.54, 1.807) is 26.8 Å². The zero-order chi connectivity index (χ0) is 44.9. The Kier molecular flexibility index (Phi) is 12.6. The highest BCUT2D eigenvalue weighted by Crippen LogP contribution is 2.48. The smallest absolute Gasteiger partial charge is 0.438 e. The van der Waals surface area contributed by atoms with Gasteiger partial charge in [0.1, 0.15) is 29.3 Å². The van der Waals surface area contributed by atoms with Gasteiger partial charge in [-0.25, -0.2) is 27.6 Å². The summed E-state index contributed by atoms with van der Waals surface area (Å²) in [5.41, 5.74) is -4.99. The standard InChI is InChI=1S/C40H52F4N6O10S/c1-21-10-8-9-11-23-18-39(23,35(53)49-61(55,56)38(5)12-13-38)48-32(51)28-15-24(19-50(28)34(52)30(22(14-21)20-57-6)47-36(54)60-37(2,3)4)59-33-31(40(42,43)44)45-26-16-25(41)29(58-7)17-27(26)46-33/h9,11,16-17,21-24,28,30H,8,10,12-15,18-20H2,1-7H3,(H,47,54)(H,48,51)(H,49,53)/b11-9-/t21-,22+,23?,24-,28+,30+,39-/m1/s1. The zero-order valence-corrected chi connectivity index (χ0v) is 35.8. The van der Waals surface area contributed by atoms with E-state index < -0.39 is 122 Å². The predicted octanol–water partition coefficient (Wildman–Crippen LogP) is 4.55. The van der Waals surface area contributed by atoms with Gasteiger partial charge >= 0.3 is 12.3 Å². The SMILES string of the molecule is COC[C@@H]1C[C@H](C)CC/C=C\C2C[C@@]2(C(=O)NS(=O)(=O)C2(C)CC2)NC(=O)[C@@H]2C[C@@H](Oc3nc4cc(OC)c(F)cc4nc3C(F)(F)F)CN2C(=O)[C@H]1NC(=O)OC(C)(C)C. The minimum Gasteiger partial charge on any atom is -0.494 e. The molecule has 1 saturated heterocycles. The van der Waals surface area contributed by atoms with Gasteiger partial charge in [0.15, 0.2) is 11.6 Å². The summed E-state index contributed by atoms with van der Waals surface area (Å²) >= 11 is 0. The molecule has 6 rings (SSSR count). The van der Waals surface area contributed by atoms with Crippen molar-refractivity contribution in [3.63, 3.8) is 0 Å². The molecule has 3 heterocycles. The highest BCUT2D eigenvalue weighted by molar-refractivity contribution is 7.91. The highest BCUT2D eigenvalue weighted by atomic mass is 32.2. The number of carbonyl (C=O) groups is 4. The molecule has 2 aromatic rings. The number of sulfonamides is 1. The summed E-state index contributed by atoms with van der Waals surface area (Å²) in [5, 5.41) is 5.36. The Morgan fingerprint density at radius 3 is 2.38 bits per heavy atom. The number of hydrogen-bond donors (Lipinski definition) is 3. The number of amides is 4. The van der Waals surface area contributed by atoms with Gasteiger partial charge in [0.05, 0.1) is 36.0 Å².